The number of aryl methyl sites for hydroxylation is 1. The van der Waals surface area contributed by atoms with E-state index in [0.717, 1.165) is 23.3 Å². The smallest absolute Gasteiger partial charge is 0.253 e. The molecule has 0 aliphatic heterocycles. The van der Waals surface area contributed by atoms with Gasteiger partial charge in [0.15, 0.2) is 0 Å². The normalized spacial score (nSPS) is 10.8. The summed E-state index contributed by atoms with van der Waals surface area (Å²) in [6, 6.07) is 12.6. The molecule has 0 saturated heterocycles. The van der Waals surface area contributed by atoms with Crippen molar-refractivity contribution in [3.63, 3.8) is 0 Å². The zero-order valence-corrected chi connectivity index (χ0v) is 16.7. The van der Waals surface area contributed by atoms with Crippen molar-refractivity contribution < 1.29 is 9.59 Å². The van der Waals surface area contributed by atoms with E-state index in [4.69, 9.17) is 11.6 Å². The summed E-state index contributed by atoms with van der Waals surface area (Å²) >= 11 is 6.08. The third-order valence-electron chi connectivity index (χ3n) is 4.39. The number of imidazole rings is 1. The Morgan fingerprint density at radius 3 is 2.68 bits per heavy atom. The van der Waals surface area contributed by atoms with E-state index in [1.807, 2.05) is 42.7 Å². The van der Waals surface area contributed by atoms with Crippen LogP contribution in [0.25, 0.3) is 11.0 Å². The molecule has 0 spiro atoms. The number of benzene rings is 2. The number of fused-ring (bicyclic) bond motifs is 1. The number of nitrogens with zero attached hydrogens (tertiary/aromatic N) is 2. The highest BCUT2D eigenvalue weighted by molar-refractivity contribution is 6.31. The molecule has 6 nitrogen and oxygen atoms in total. The van der Waals surface area contributed by atoms with Crippen molar-refractivity contribution in [1.29, 1.82) is 0 Å². The minimum absolute atomic E-state index is 0.103. The van der Waals surface area contributed by atoms with E-state index in [0.29, 0.717) is 29.2 Å². The summed E-state index contributed by atoms with van der Waals surface area (Å²) in [4.78, 5) is 29.7. The lowest BCUT2D eigenvalue weighted by molar-refractivity contribution is -0.116. The van der Waals surface area contributed by atoms with Gasteiger partial charge in [0, 0.05) is 18.0 Å². The standard InChI is InChI=1S/C21H23ClN4O2/c1-3-11-23-21(28)15-10-9-14(22)12-17(15)25-20(27)13-26-18-8-6-5-7-16(18)24-19(26)4-2/h5-10,12H,3-4,11,13H2,1-2H3,(H,23,28)(H,25,27). The van der Waals surface area contributed by atoms with Crippen molar-refractivity contribution in [2.75, 3.05) is 11.9 Å². The molecule has 0 bridgehead atoms. The summed E-state index contributed by atoms with van der Waals surface area (Å²) in [7, 11) is 0. The average Bonchev–Trinajstić information content (AvgIpc) is 3.03. The molecule has 0 aliphatic carbocycles. The predicted molar refractivity (Wildman–Crippen MR) is 112 cm³/mol. The van der Waals surface area contributed by atoms with Crippen molar-refractivity contribution in [2.24, 2.45) is 0 Å². The van der Waals surface area contributed by atoms with Crippen molar-refractivity contribution in [1.82, 2.24) is 14.9 Å². The van der Waals surface area contributed by atoms with Gasteiger partial charge in [-0.3, -0.25) is 9.59 Å². The molecule has 0 saturated carbocycles. The van der Waals surface area contributed by atoms with E-state index in [1.54, 1.807) is 18.2 Å². The van der Waals surface area contributed by atoms with Gasteiger partial charge in [-0.2, -0.15) is 0 Å². The molecule has 0 fully saturated rings. The second kappa shape index (κ2) is 8.89. The first-order valence-corrected chi connectivity index (χ1v) is 9.73. The first kappa shape index (κ1) is 19.9. The largest absolute Gasteiger partial charge is 0.352 e. The Balaban J connectivity index is 1.84. The Morgan fingerprint density at radius 1 is 1.14 bits per heavy atom. The molecule has 0 unspecified atom stereocenters. The highest BCUT2D eigenvalue weighted by Gasteiger charge is 2.16. The number of amides is 2. The van der Waals surface area contributed by atoms with Crippen LogP contribution in [0.15, 0.2) is 42.5 Å². The third-order valence-corrected chi connectivity index (χ3v) is 4.62. The number of halogens is 1. The molecule has 0 radical (unpaired) electrons. The Morgan fingerprint density at radius 2 is 1.93 bits per heavy atom. The topological polar surface area (TPSA) is 76.0 Å². The van der Waals surface area contributed by atoms with Gasteiger partial charge >= 0.3 is 0 Å². The fraction of sp³-hybridized carbons (Fsp3) is 0.286. The summed E-state index contributed by atoms with van der Waals surface area (Å²) < 4.78 is 1.89. The fourth-order valence-corrected chi connectivity index (χ4v) is 3.23. The first-order valence-electron chi connectivity index (χ1n) is 9.35. The van der Waals surface area contributed by atoms with Crippen LogP contribution in [0.4, 0.5) is 5.69 Å². The molecule has 1 aromatic heterocycles. The van der Waals surface area contributed by atoms with E-state index >= 15 is 0 Å². The molecule has 2 N–H and O–H groups in total. The van der Waals surface area contributed by atoms with Crippen LogP contribution in [0, 0.1) is 0 Å². The highest BCUT2D eigenvalue weighted by Crippen LogP contribution is 2.22. The highest BCUT2D eigenvalue weighted by atomic mass is 35.5. The molecule has 146 valence electrons. The summed E-state index contributed by atoms with van der Waals surface area (Å²) in [5, 5.41) is 6.10. The first-order chi connectivity index (χ1) is 13.5. The van der Waals surface area contributed by atoms with E-state index in [1.165, 1.54) is 0 Å². The van der Waals surface area contributed by atoms with Gasteiger partial charge < -0.3 is 15.2 Å². The molecular weight excluding hydrogens is 376 g/mol. The van der Waals surface area contributed by atoms with Gasteiger partial charge in [0.25, 0.3) is 5.91 Å². The molecule has 28 heavy (non-hydrogen) atoms. The van der Waals surface area contributed by atoms with Gasteiger partial charge in [-0.25, -0.2) is 4.98 Å². The number of carbonyl (C=O) groups is 2. The molecule has 3 rings (SSSR count). The minimum Gasteiger partial charge on any atom is -0.352 e. The lowest BCUT2D eigenvalue weighted by atomic mass is 10.1. The van der Waals surface area contributed by atoms with Crippen LogP contribution >= 0.6 is 11.6 Å². The van der Waals surface area contributed by atoms with Crippen molar-refractivity contribution in [2.45, 2.75) is 33.2 Å². The number of hydrogen-bond donors (Lipinski definition) is 2. The maximum atomic E-state index is 12.8. The predicted octanol–water partition coefficient (Wildman–Crippen LogP) is 4.03. The maximum Gasteiger partial charge on any atom is 0.253 e. The Labute approximate surface area is 168 Å². The van der Waals surface area contributed by atoms with Gasteiger partial charge in [-0.1, -0.05) is 37.6 Å². The number of rotatable bonds is 7. The minimum atomic E-state index is -0.246. The number of hydrogen-bond acceptors (Lipinski definition) is 3. The van der Waals surface area contributed by atoms with Crippen LogP contribution in [-0.4, -0.2) is 27.9 Å². The zero-order chi connectivity index (χ0) is 20.1. The van der Waals surface area contributed by atoms with Gasteiger partial charge in [0.2, 0.25) is 5.91 Å². The van der Waals surface area contributed by atoms with Crippen molar-refractivity contribution >= 4 is 40.1 Å². The van der Waals surface area contributed by atoms with E-state index in [9.17, 15) is 9.59 Å². The van der Waals surface area contributed by atoms with Crippen molar-refractivity contribution in [3.8, 4) is 0 Å². The maximum absolute atomic E-state index is 12.8. The Kier molecular flexibility index (Phi) is 6.31. The average molecular weight is 399 g/mol. The summed E-state index contributed by atoms with van der Waals surface area (Å²) in [5.74, 6) is 0.351. The van der Waals surface area contributed by atoms with E-state index in [2.05, 4.69) is 15.6 Å². The molecule has 3 aromatic rings. The van der Waals surface area contributed by atoms with Crippen LogP contribution in [0.2, 0.25) is 5.02 Å². The van der Waals surface area contributed by atoms with Gasteiger partial charge in [-0.05, 0) is 36.8 Å². The molecule has 2 aromatic carbocycles. The molecular formula is C21H23ClN4O2. The second-order valence-electron chi connectivity index (χ2n) is 6.45. The van der Waals surface area contributed by atoms with Crippen LogP contribution in [0.3, 0.4) is 0 Å². The SMILES string of the molecule is CCCNC(=O)c1ccc(Cl)cc1NC(=O)Cn1c(CC)nc2ccccc21. The van der Waals surface area contributed by atoms with Crippen LogP contribution < -0.4 is 10.6 Å². The number of nitrogens with one attached hydrogen (secondary N) is 2. The van der Waals surface area contributed by atoms with Gasteiger partial charge in [0.1, 0.15) is 12.4 Å². The quantitative estimate of drug-likeness (QED) is 0.630. The van der Waals surface area contributed by atoms with Crippen LogP contribution in [0.5, 0.6) is 0 Å². The van der Waals surface area contributed by atoms with E-state index < -0.39 is 0 Å². The molecule has 2 amide bonds. The van der Waals surface area contributed by atoms with Gasteiger partial charge in [0.05, 0.1) is 22.3 Å². The monoisotopic (exact) mass is 398 g/mol. The third kappa shape index (κ3) is 4.34. The summed E-state index contributed by atoms with van der Waals surface area (Å²) in [6.45, 7) is 4.65. The Hall–Kier alpha value is -2.86. The summed E-state index contributed by atoms with van der Waals surface area (Å²) in [5.41, 5.74) is 2.54. The zero-order valence-electron chi connectivity index (χ0n) is 16.0. The molecule has 1 heterocycles. The lowest BCUT2D eigenvalue weighted by Gasteiger charge is -2.13. The van der Waals surface area contributed by atoms with E-state index in [-0.39, 0.29) is 18.4 Å². The fourth-order valence-electron chi connectivity index (χ4n) is 3.06. The van der Waals surface area contributed by atoms with Gasteiger partial charge in [-0.15, -0.1) is 0 Å². The van der Waals surface area contributed by atoms with Crippen LogP contribution in [0.1, 0.15) is 36.5 Å². The second-order valence-corrected chi connectivity index (χ2v) is 6.89. The molecule has 0 aliphatic rings. The number of para-hydroxylation sites is 2. The lowest BCUT2D eigenvalue weighted by Crippen LogP contribution is -2.27. The molecule has 7 heteroatoms. The Bertz CT molecular complexity index is 1010. The number of carbonyl (C=O) groups excluding carboxylic acids is 2. The van der Waals surface area contributed by atoms with Crippen LogP contribution in [-0.2, 0) is 17.8 Å². The van der Waals surface area contributed by atoms with Crippen molar-refractivity contribution in [3.05, 3.63) is 58.9 Å². The number of anilines is 1. The molecule has 0 atom stereocenters. The summed E-state index contributed by atoms with van der Waals surface area (Å²) in [6.07, 6.45) is 1.54. The number of aromatic nitrogens is 2.